The van der Waals surface area contributed by atoms with E-state index in [0.717, 1.165) is 32.2 Å². The average Bonchev–Trinajstić information content (AvgIpc) is 3.46. The van der Waals surface area contributed by atoms with E-state index in [1.807, 2.05) is 11.0 Å². The fourth-order valence-corrected chi connectivity index (χ4v) is 5.66. The number of hydrogen-bond donors (Lipinski definition) is 1. The number of nitrogens with one attached hydrogen (secondary N) is 1. The third kappa shape index (κ3) is 5.44. The Bertz CT molecular complexity index is 972. The van der Waals surface area contributed by atoms with Gasteiger partial charge in [-0.15, -0.1) is 0 Å². The van der Waals surface area contributed by atoms with Gasteiger partial charge in [-0.3, -0.25) is 19.2 Å². The summed E-state index contributed by atoms with van der Waals surface area (Å²) in [5, 5.41) is 2.89. The van der Waals surface area contributed by atoms with Crippen molar-refractivity contribution in [3.05, 3.63) is 35.9 Å². The average molecular weight is 486 g/mol. The first-order valence-electron chi connectivity index (χ1n) is 12.6. The fraction of sp³-hybridized carbons (Fsp3) is 0.615. The van der Waals surface area contributed by atoms with Crippen molar-refractivity contribution in [3.63, 3.8) is 0 Å². The molecular formula is C26H35N3O6. The first kappa shape index (κ1) is 25.0. The maximum Gasteiger partial charge on any atom is 0.317 e. The molecule has 1 aromatic rings. The lowest BCUT2D eigenvalue weighted by atomic mass is 9.69. The van der Waals surface area contributed by atoms with Crippen LogP contribution in [0.4, 0.5) is 0 Å². The van der Waals surface area contributed by atoms with Gasteiger partial charge in [0.1, 0.15) is 11.2 Å². The lowest BCUT2D eigenvalue weighted by molar-refractivity contribution is -0.160. The number of carbonyl (C=O) groups excluding carboxylic acids is 4. The van der Waals surface area contributed by atoms with Gasteiger partial charge < -0.3 is 24.3 Å². The summed E-state index contributed by atoms with van der Waals surface area (Å²) in [7, 11) is 1.37. The van der Waals surface area contributed by atoms with Crippen LogP contribution >= 0.6 is 0 Å². The Kier molecular flexibility index (Phi) is 7.93. The molecule has 0 bridgehead atoms. The molecule has 0 spiro atoms. The number of rotatable bonds is 9. The number of esters is 1. The van der Waals surface area contributed by atoms with Crippen molar-refractivity contribution in [2.24, 2.45) is 11.3 Å². The monoisotopic (exact) mass is 485 g/mol. The Hall–Kier alpha value is -3.10. The van der Waals surface area contributed by atoms with Gasteiger partial charge in [0.2, 0.25) is 17.7 Å². The molecule has 0 unspecified atom stereocenters. The van der Waals surface area contributed by atoms with Crippen LogP contribution < -0.4 is 5.32 Å². The molecule has 190 valence electrons. The highest BCUT2D eigenvalue weighted by Crippen LogP contribution is 2.49. The molecule has 0 radical (unpaired) electrons. The summed E-state index contributed by atoms with van der Waals surface area (Å²) >= 11 is 0. The molecule has 9 nitrogen and oxygen atoms in total. The van der Waals surface area contributed by atoms with E-state index in [-0.39, 0.29) is 43.1 Å². The molecular weight excluding hydrogens is 450 g/mol. The minimum Gasteiger partial charge on any atom is -0.468 e. The zero-order valence-electron chi connectivity index (χ0n) is 20.4. The summed E-state index contributed by atoms with van der Waals surface area (Å²) in [6, 6.07) is 3.56. The number of furan rings is 1. The van der Waals surface area contributed by atoms with Crippen LogP contribution in [0.1, 0.15) is 63.5 Å². The molecule has 3 amide bonds. The molecule has 3 heterocycles. The number of hydrogen-bond acceptors (Lipinski definition) is 6. The van der Waals surface area contributed by atoms with Gasteiger partial charge in [0.15, 0.2) is 0 Å². The van der Waals surface area contributed by atoms with E-state index < -0.39 is 11.3 Å². The number of nitrogens with zero attached hydrogens (tertiary/aromatic N) is 2. The topological polar surface area (TPSA) is 109 Å². The van der Waals surface area contributed by atoms with Gasteiger partial charge >= 0.3 is 5.97 Å². The Morgan fingerprint density at radius 2 is 2.11 bits per heavy atom. The number of piperidine rings is 1. The highest BCUT2D eigenvalue weighted by Gasteiger charge is 2.54. The Balaban J connectivity index is 1.47. The fourth-order valence-electron chi connectivity index (χ4n) is 5.66. The minimum atomic E-state index is -0.952. The van der Waals surface area contributed by atoms with Crippen LogP contribution in [0, 0.1) is 11.3 Å². The molecule has 0 saturated carbocycles. The molecule has 1 N–H and O–H groups in total. The van der Waals surface area contributed by atoms with Crippen molar-refractivity contribution >= 4 is 23.7 Å². The van der Waals surface area contributed by atoms with Crippen LogP contribution in [0.5, 0.6) is 0 Å². The van der Waals surface area contributed by atoms with Crippen molar-refractivity contribution < 1.29 is 28.3 Å². The van der Waals surface area contributed by atoms with E-state index in [2.05, 4.69) is 5.32 Å². The van der Waals surface area contributed by atoms with E-state index in [1.54, 1.807) is 23.3 Å². The van der Waals surface area contributed by atoms with E-state index in [4.69, 9.17) is 9.15 Å². The van der Waals surface area contributed by atoms with Crippen molar-refractivity contribution in [1.29, 1.82) is 0 Å². The second-order valence-corrected chi connectivity index (χ2v) is 9.71. The molecule has 2 atom stereocenters. The minimum absolute atomic E-state index is 0.00214. The van der Waals surface area contributed by atoms with Crippen LogP contribution in [0.3, 0.4) is 0 Å². The number of likely N-dealkylation sites (tertiary alicyclic amines) is 2. The van der Waals surface area contributed by atoms with E-state index in [9.17, 15) is 19.2 Å². The van der Waals surface area contributed by atoms with Crippen LogP contribution in [-0.4, -0.2) is 60.2 Å². The smallest absolute Gasteiger partial charge is 0.317 e. The molecule has 3 aliphatic rings. The van der Waals surface area contributed by atoms with Crippen molar-refractivity contribution in [2.75, 3.05) is 26.7 Å². The van der Waals surface area contributed by atoms with Crippen molar-refractivity contribution in [3.8, 4) is 0 Å². The van der Waals surface area contributed by atoms with Gasteiger partial charge in [-0.05, 0) is 50.7 Å². The second kappa shape index (κ2) is 11.1. The number of fused-ring (bicyclic) bond motifs is 1. The number of carbonyl (C=O) groups is 4. The summed E-state index contributed by atoms with van der Waals surface area (Å²) in [5.41, 5.74) is -0.275. The first-order chi connectivity index (χ1) is 16.9. The molecule has 35 heavy (non-hydrogen) atoms. The molecule has 1 aliphatic carbocycles. The predicted octanol–water partition coefficient (Wildman–Crippen LogP) is 2.76. The zero-order valence-corrected chi connectivity index (χ0v) is 20.4. The predicted molar refractivity (Wildman–Crippen MR) is 126 cm³/mol. The standard InChI is InChI=1S/C26H35N3O6/c1-34-25(33)26-11-4-2-3-9-21(26)29(18-20-8-6-15-35-20)24(32)19(17-26)16-22(30)27-12-7-14-28-13-5-10-23(28)31/h6,8-9,15,19H,2-5,7,10-14,16-18H2,1H3,(H,27,30)/t19-,26+/m1/s1. The molecule has 2 aliphatic heterocycles. The summed E-state index contributed by atoms with van der Waals surface area (Å²) in [6.07, 6.45) is 9.08. The molecule has 9 heteroatoms. The number of amides is 3. The lowest BCUT2D eigenvalue weighted by Gasteiger charge is -2.45. The van der Waals surface area contributed by atoms with Gasteiger partial charge in [-0.25, -0.2) is 0 Å². The van der Waals surface area contributed by atoms with Crippen LogP contribution in [0.25, 0.3) is 0 Å². The van der Waals surface area contributed by atoms with E-state index in [0.29, 0.717) is 43.8 Å². The zero-order chi connectivity index (χ0) is 24.8. The summed E-state index contributed by atoms with van der Waals surface area (Å²) in [4.78, 5) is 54.8. The van der Waals surface area contributed by atoms with E-state index >= 15 is 0 Å². The first-order valence-corrected chi connectivity index (χ1v) is 12.6. The van der Waals surface area contributed by atoms with Crippen LogP contribution in [0.2, 0.25) is 0 Å². The summed E-state index contributed by atoms with van der Waals surface area (Å²) in [6.45, 7) is 2.05. The van der Waals surface area contributed by atoms with Gasteiger partial charge in [0, 0.05) is 44.1 Å². The molecule has 0 aromatic carbocycles. The number of ether oxygens (including phenoxy) is 1. The Morgan fingerprint density at radius 1 is 1.26 bits per heavy atom. The normalized spacial score (nSPS) is 24.6. The maximum absolute atomic E-state index is 13.6. The highest BCUT2D eigenvalue weighted by atomic mass is 16.5. The molecule has 4 rings (SSSR count). The SMILES string of the molecule is COC(=O)[C@]12CCCCC=C1N(Cc1ccco1)C(=O)[C@H](CC(=O)NCCCN1CCCC1=O)C2. The Labute approximate surface area is 205 Å². The highest BCUT2D eigenvalue weighted by molar-refractivity contribution is 5.92. The van der Waals surface area contributed by atoms with Gasteiger partial charge in [0.05, 0.1) is 19.9 Å². The molecule has 1 aromatic heterocycles. The van der Waals surface area contributed by atoms with Gasteiger partial charge in [-0.2, -0.15) is 0 Å². The second-order valence-electron chi connectivity index (χ2n) is 9.71. The summed E-state index contributed by atoms with van der Waals surface area (Å²) < 4.78 is 10.7. The Morgan fingerprint density at radius 3 is 2.83 bits per heavy atom. The number of allylic oxidation sites excluding steroid dienone is 1. The third-order valence-corrected chi connectivity index (χ3v) is 7.39. The van der Waals surface area contributed by atoms with Crippen LogP contribution in [-0.2, 0) is 30.5 Å². The van der Waals surface area contributed by atoms with Gasteiger partial charge in [0.25, 0.3) is 0 Å². The van der Waals surface area contributed by atoms with Crippen LogP contribution in [0.15, 0.2) is 34.6 Å². The van der Waals surface area contributed by atoms with Crippen molar-refractivity contribution in [1.82, 2.24) is 15.1 Å². The third-order valence-electron chi connectivity index (χ3n) is 7.39. The maximum atomic E-state index is 13.6. The lowest BCUT2D eigenvalue weighted by Crippen LogP contribution is -2.53. The van der Waals surface area contributed by atoms with E-state index in [1.165, 1.54) is 7.11 Å². The van der Waals surface area contributed by atoms with Gasteiger partial charge in [-0.1, -0.05) is 12.5 Å². The molecule has 2 fully saturated rings. The van der Waals surface area contributed by atoms with Crippen molar-refractivity contribution in [2.45, 2.75) is 64.3 Å². The largest absolute Gasteiger partial charge is 0.468 e. The quantitative estimate of drug-likeness (QED) is 0.426. The summed E-state index contributed by atoms with van der Waals surface area (Å²) in [5.74, 6) is -0.616. The molecule has 2 saturated heterocycles. The number of methoxy groups -OCH3 is 1.